The minimum absolute atomic E-state index is 0.311. The van der Waals surface area contributed by atoms with Crippen LogP contribution in [-0.4, -0.2) is 24.2 Å². The molecule has 1 aliphatic heterocycles. The van der Waals surface area contributed by atoms with E-state index in [1.54, 1.807) is 12.3 Å². The van der Waals surface area contributed by atoms with Crippen LogP contribution in [0.25, 0.3) is 0 Å². The van der Waals surface area contributed by atoms with Gasteiger partial charge >= 0.3 is 0 Å². The summed E-state index contributed by atoms with van der Waals surface area (Å²) in [4.78, 5) is 3.93. The van der Waals surface area contributed by atoms with Gasteiger partial charge < -0.3 is 10.1 Å². The molecule has 74 valence electrons. The second kappa shape index (κ2) is 4.44. The van der Waals surface area contributed by atoms with Gasteiger partial charge in [0.1, 0.15) is 17.5 Å². The van der Waals surface area contributed by atoms with Crippen molar-refractivity contribution in [3.63, 3.8) is 0 Å². The summed E-state index contributed by atoms with van der Waals surface area (Å²) in [6.45, 7) is 1.55. The molecule has 2 rings (SSSR count). The van der Waals surface area contributed by atoms with Crippen LogP contribution >= 0.6 is 11.6 Å². The summed E-state index contributed by atoms with van der Waals surface area (Å²) < 4.78 is 5.51. The first-order chi connectivity index (χ1) is 6.84. The van der Waals surface area contributed by atoms with Crippen molar-refractivity contribution < 1.29 is 4.74 Å². The number of pyridine rings is 1. The Morgan fingerprint density at radius 2 is 2.50 bits per heavy atom. The van der Waals surface area contributed by atoms with Crippen LogP contribution in [0, 0.1) is 0 Å². The van der Waals surface area contributed by atoms with E-state index in [0.29, 0.717) is 17.8 Å². The first-order valence-electron chi connectivity index (χ1n) is 4.49. The highest BCUT2D eigenvalue weighted by Gasteiger charge is 2.08. The summed E-state index contributed by atoms with van der Waals surface area (Å²) in [7, 11) is 0. The fourth-order valence-corrected chi connectivity index (χ4v) is 1.38. The highest BCUT2D eigenvalue weighted by molar-refractivity contribution is 6.29. The summed E-state index contributed by atoms with van der Waals surface area (Å²) >= 11 is 5.65. The predicted octanol–water partition coefficient (Wildman–Crippen LogP) is 1.64. The van der Waals surface area contributed by atoms with E-state index in [1.165, 1.54) is 0 Å². The maximum Gasteiger partial charge on any atom is 0.137 e. The number of nitrogens with zero attached hydrogens (tertiary/aromatic N) is 1. The van der Waals surface area contributed by atoms with Crippen LogP contribution in [0.2, 0.25) is 5.15 Å². The average Bonchev–Trinajstić information content (AvgIpc) is 2.70. The predicted molar refractivity (Wildman–Crippen MR) is 55.7 cm³/mol. The maximum atomic E-state index is 5.65. The summed E-state index contributed by atoms with van der Waals surface area (Å²) in [5.41, 5.74) is 0. The molecule has 4 heteroatoms. The first kappa shape index (κ1) is 9.49. The quantitative estimate of drug-likeness (QED) is 0.609. The van der Waals surface area contributed by atoms with Gasteiger partial charge in [-0.1, -0.05) is 23.8 Å². The molecule has 1 aromatic rings. The minimum atomic E-state index is 0.311. The van der Waals surface area contributed by atoms with Gasteiger partial charge in [-0.15, -0.1) is 0 Å². The lowest BCUT2D eigenvalue weighted by Crippen LogP contribution is -2.28. The van der Waals surface area contributed by atoms with Crippen LogP contribution < -0.4 is 10.1 Å². The Morgan fingerprint density at radius 1 is 1.57 bits per heavy atom. The van der Waals surface area contributed by atoms with Crippen LogP contribution in [0.15, 0.2) is 30.5 Å². The monoisotopic (exact) mass is 210 g/mol. The van der Waals surface area contributed by atoms with Gasteiger partial charge in [0.2, 0.25) is 0 Å². The molecular formula is C10H11ClN2O. The van der Waals surface area contributed by atoms with Gasteiger partial charge in [0.25, 0.3) is 0 Å². The Bertz CT molecular complexity index is 323. The highest BCUT2D eigenvalue weighted by atomic mass is 35.5. The fourth-order valence-electron chi connectivity index (χ4n) is 1.27. The molecule has 0 saturated carbocycles. The van der Waals surface area contributed by atoms with Crippen molar-refractivity contribution in [1.29, 1.82) is 0 Å². The SMILES string of the molecule is Clc1ccc(OC[C@H]2C=CCN2)cn1. The standard InChI is InChI=1S/C10H11ClN2O/c11-10-4-3-9(6-13-10)14-7-8-2-1-5-12-8/h1-4,6,8,12H,5,7H2/t8-/m1/s1. The Hall–Kier alpha value is -1.06. The number of ether oxygens (including phenoxy) is 1. The number of halogens is 1. The largest absolute Gasteiger partial charge is 0.490 e. The van der Waals surface area contributed by atoms with E-state index in [0.717, 1.165) is 12.3 Å². The van der Waals surface area contributed by atoms with Crippen LogP contribution in [0.3, 0.4) is 0 Å². The maximum absolute atomic E-state index is 5.65. The van der Waals surface area contributed by atoms with Crippen LogP contribution in [0.5, 0.6) is 5.75 Å². The molecule has 1 atom stereocenters. The summed E-state index contributed by atoms with van der Waals surface area (Å²) in [6, 6.07) is 3.84. The zero-order valence-corrected chi connectivity index (χ0v) is 8.37. The molecule has 0 bridgehead atoms. The van der Waals surface area contributed by atoms with Crippen molar-refractivity contribution in [3.05, 3.63) is 35.6 Å². The molecule has 0 aliphatic carbocycles. The molecule has 0 amide bonds. The van der Waals surface area contributed by atoms with E-state index < -0.39 is 0 Å². The van der Waals surface area contributed by atoms with Gasteiger partial charge in [0, 0.05) is 6.54 Å². The van der Waals surface area contributed by atoms with Crippen molar-refractivity contribution in [2.24, 2.45) is 0 Å². The molecule has 1 aromatic heterocycles. The normalized spacial score (nSPS) is 19.9. The molecule has 0 aromatic carbocycles. The lowest BCUT2D eigenvalue weighted by atomic mass is 10.3. The third-order valence-electron chi connectivity index (χ3n) is 2.00. The van der Waals surface area contributed by atoms with Crippen molar-refractivity contribution in [3.8, 4) is 5.75 Å². The molecule has 0 fully saturated rings. The lowest BCUT2D eigenvalue weighted by Gasteiger charge is -2.10. The first-order valence-corrected chi connectivity index (χ1v) is 4.87. The Morgan fingerprint density at radius 3 is 3.14 bits per heavy atom. The molecule has 1 aliphatic rings. The molecule has 14 heavy (non-hydrogen) atoms. The number of hydrogen-bond acceptors (Lipinski definition) is 3. The van der Waals surface area contributed by atoms with Crippen molar-refractivity contribution in [1.82, 2.24) is 10.3 Å². The Balaban J connectivity index is 1.85. The summed E-state index contributed by atoms with van der Waals surface area (Å²) in [6.07, 6.45) is 5.82. The zero-order chi connectivity index (χ0) is 9.80. The smallest absolute Gasteiger partial charge is 0.137 e. The molecule has 1 N–H and O–H groups in total. The fraction of sp³-hybridized carbons (Fsp3) is 0.300. The molecule has 2 heterocycles. The van der Waals surface area contributed by atoms with Crippen LogP contribution in [0.4, 0.5) is 0 Å². The van der Waals surface area contributed by atoms with Crippen LogP contribution in [0.1, 0.15) is 0 Å². The molecule has 3 nitrogen and oxygen atoms in total. The van der Waals surface area contributed by atoms with Crippen molar-refractivity contribution >= 4 is 11.6 Å². The topological polar surface area (TPSA) is 34.1 Å². The van der Waals surface area contributed by atoms with E-state index in [2.05, 4.69) is 22.5 Å². The number of aromatic nitrogens is 1. The van der Waals surface area contributed by atoms with Gasteiger partial charge in [0.05, 0.1) is 12.2 Å². The number of rotatable bonds is 3. The van der Waals surface area contributed by atoms with Gasteiger partial charge in [-0.25, -0.2) is 4.98 Å². The van der Waals surface area contributed by atoms with E-state index >= 15 is 0 Å². The minimum Gasteiger partial charge on any atom is -0.490 e. The molecule has 0 radical (unpaired) electrons. The molecule has 0 unspecified atom stereocenters. The molecule has 0 spiro atoms. The Labute approximate surface area is 87.7 Å². The van der Waals surface area contributed by atoms with Crippen molar-refractivity contribution in [2.75, 3.05) is 13.2 Å². The summed E-state index contributed by atoms with van der Waals surface area (Å²) in [5.74, 6) is 0.747. The number of nitrogens with one attached hydrogen (secondary N) is 1. The number of hydrogen-bond donors (Lipinski definition) is 1. The second-order valence-electron chi connectivity index (χ2n) is 3.07. The third kappa shape index (κ3) is 2.47. The summed E-state index contributed by atoms with van der Waals surface area (Å²) in [5, 5.41) is 3.74. The van der Waals surface area contributed by atoms with E-state index in [9.17, 15) is 0 Å². The van der Waals surface area contributed by atoms with Gasteiger partial charge in [0.15, 0.2) is 0 Å². The van der Waals surface area contributed by atoms with Crippen LogP contribution in [-0.2, 0) is 0 Å². The third-order valence-corrected chi connectivity index (χ3v) is 2.22. The lowest BCUT2D eigenvalue weighted by molar-refractivity contribution is 0.292. The van der Waals surface area contributed by atoms with Gasteiger partial charge in [-0.3, -0.25) is 0 Å². The van der Waals surface area contributed by atoms with E-state index in [4.69, 9.17) is 16.3 Å². The molecular weight excluding hydrogens is 200 g/mol. The zero-order valence-electron chi connectivity index (χ0n) is 7.61. The van der Waals surface area contributed by atoms with Gasteiger partial charge in [-0.2, -0.15) is 0 Å². The van der Waals surface area contributed by atoms with E-state index in [1.807, 2.05) is 6.07 Å². The van der Waals surface area contributed by atoms with Crippen molar-refractivity contribution in [2.45, 2.75) is 6.04 Å². The highest BCUT2D eigenvalue weighted by Crippen LogP contribution is 2.12. The Kier molecular flexibility index (Phi) is 3.01. The average molecular weight is 211 g/mol. The molecule has 0 saturated heterocycles. The van der Waals surface area contributed by atoms with Gasteiger partial charge in [-0.05, 0) is 12.1 Å². The second-order valence-corrected chi connectivity index (χ2v) is 3.46. The van der Waals surface area contributed by atoms with E-state index in [-0.39, 0.29) is 0 Å².